The standard InChI is InChI=1S/C17H21N3O7S2/c1-12(2)18-29(25,26)15-7-8-17(27-3)16(10-15)19-28(23,24)11-13-5-4-6-14(9-13)20(21)22/h4-10,12,18-19H,11H2,1-3H3. The molecule has 0 bridgehead atoms. The number of anilines is 1. The van der Waals surface area contributed by atoms with E-state index in [1.54, 1.807) is 13.8 Å². The maximum absolute atomic E-state index is 12.6. The van der Waals surface area contributed by atoms with Gasteiger partial charge in [0.15, 0.2) is 0 Å². The van der Waals surface area contributed by atoms with E-state index in [-0.39, 0.29) is 33.6 Å². The Morgan fingerprint density at radius 3 is 2.38 bits per heavy atom. The topological polar surface area (TPSA) is 145 Å². The summed E-state index contributed by atoms with van der Waals surface area (Å²) in [5.41, 5.74) is -0.0939. The van der Waals surface area contributed by atoms with Crippen LogP contribution in [-0.4, -0.2) is 34.9 Å². The molecule has 0 aliphatic heterocycles. The Morgan fingerprint density at radius 2 is 1.79 bits per heavy atom. The lowest BCUT2D eigenvalue weighted by molar-refractivity contribution is -0.384. The molecule has 2 aromatic rings. The summed E-state index contributed by atoms with van der Waals surface area (Å²) in [7, 11) is -6.55. The largest absolute Gasteiger partial charge is 0.495 e. The fraction of sp³-hybridized carbons (Fsp3) is 0.294. The van der Waals surface area contributed by atoms with Crippen LogP contribution in [0, 0.1) is 10.1 Å². The second kappa shape index (κ2) is 8.76. The van der Waals surface area contributed by atoms with E-state index < -0.39 is 30.7 Å². The average molecular weight is 444 g/mol. The summed E-state index contributed by atoms with van der Waals surface area (Å²) >= 11 is 0. The van der Waals surface area contributed by atoms with Crippen LogP contribution in [0.3, 0.4) is 0 Å². The van der Waals surface area contributed by atoms with Crippen molar-refractivity contribution in [2.75, 3.05) is 11.8 Å². The predicted molar refractivity (Wildman–Crippen MR) is 108 cm³/mol. The molecule has 0 saturated carbocycles. The van der Waals surface area contributed by atoms with Crippen LogP contribution in [0.5, 0.6) is 5.75 Å². The first kappa shape index (κ1) is 22.6. The number of sulfonamides is 2. The highest BCUT2D eigenvalue weighted by Gasteiger charge is 2.21. The smallest absolute Gasteiger partial charge is 0.269 e. The highest BCUT2D eigenvalue weighted by molar-refractivity contribution is 7.92. The van der Waals surface area contributed by atoms with Gasteiger partial charge < -0.3 is 4.74 Å². The van der Waals surface area contributed by atoms with Crippen molar-refractivity contribution in [1.82, 2.24) is 4.72 Å². The van der Waals surface area contributed by atoms with Crippen LogP contribution < -0.4 is 14.2 Å². The minimum absolute atomic E-state index is 0.0652. The fourth-order valence-corrected chi connectivity index (χ4v) is 4.96. The second-order valence-corrected chi connectivity index (χ2v) is 9.86. The molecular formula is C17H21N3O7S2. The maximum atomic E-state index is 12.6. The first-order chi connectivity index (χ1) is 13.4. The van der Waals surface area contributed by atoms with Crippen molar-refractivity contribution in [2.24, 2.45) is 0 Å². The minimum atomic E-state index is -4.02. The van der Waals surface area contributed by atoms with Gasteiger partial charge in [-0.25, -0.2) is 21.6 Å². The molecule has 0 heterocycles. The summed E-state index contributed by atoms with van der Waals surface area (Å²) < 4.78 is 59.6. The Bertz CT molecular complexity index is 1110. The normalized spacial score (nSPS) is 12.0. The van der Waals surface area contributed by atoms with Gasteiger partial charge in [0, 0.05) is 18.2 Å². The average Bonchev–Trinajstić information content (AvgIpc) is 2.60. The minimum Gasteiger partial charge on any atom is -0.495 e. The molecule has 12 heteroatoms. The predicted octanol–water partition coefficient (Wildman–Crippen LogP) is 2.23. The van der Waals surface area contributed by atoms with Gasteiger partial charge in [-0.3, -0.25) is 14.8 Å². The zero-order valence-electron chi connectivity index (χ0n) is 15.9. The highest BCUT2D eigenvalue weighted by Crippen LogP contribution is 2.29. The SMILES string of the molecule is COc1ccc(S(=O)(=O)NC(C)C)cc1NS(=O)(=O)Cc1cccc([N+](=O)[O-])c1. The van der Waals surface area contributed by atoms with Crippen LogP contribution >= 0.6 is 0 Å². The number of hydrogen-bond donors (Lipinski definition) is 2. The lowest BCUT2D eigenvalue weighted by Crippen LogP contribution is -2.30. The maximum Gasteiger partial charge on any atom is 0.269 e. The molecular weight excluding hydrogens is 422 g/mol. The van der Waals surface area contributed by atoms with Crippen molar-refractivity contribution in [3.8, 4) is 5.75 Å². The van der Waals surface area contributed by atoms with Gasteiger partial charge in [-0.05, 0) is 37.6 Å². The van der Waals surface area contributed by atoms with Crippen molar-refractivity contribution in [3.63, 3.8) is 0 Å². The molecule has 0 amide bonds. The van der Waals surface area contributed by atoms with E-state index in [1.165, 1.54) is 37.4 Å². The first-order valence-electron chi connectivity index (χ1n) is 8.38. The van der Waals surface area contributed by atoms with Crippen LogP contribution in [-0.2, 0) is 25.8 Å². The number of hydrogen-bond acceptors (Lipinski definition) is 7. The van der Waals surface area contributed by atoms with Crippen LogP contribution in [0.15, 0.2) is 47.4 Å². The molecule has 0 radical (unpaired) electrons. The van der Waals surface area contributed by atoms with Gasteiger partial charge in [0.1, 0.15) is 5.75 Å². The fourth-order valence-electron chi connectivity index (χ4n) is 2.50. The number of nitrogens with one attached hydrogen (secondary N) is 2. The molecule has 0 aliphatic carbocycles. The second-order valence-electron chi connectivity index (χ2n) is 6.43. The van der Waals surface area contributed by atoms with Gasteiger partial charge in [-0.15, -0.1) is 0 Å². The Labute approximate surface area is 169 Å². The van der Waals surface area contributed by atoms with E-state index in [4.69, 9.17) is 4.74 Å². The summed E-state index contributed by atoms with van der Waals surface area (Å²) in [6.07, 6.45) is 0. The molecule has 0 unspecified atom stereocenters. The van der Waals surface area contributed by atoms with Gasteiger partial charge >= 0.3 is 0 Å². The number of nitrogens with zero attached hydrogens (tertiary/aromatic N) is 1. The Morgan fingerprint density at radius 1 is 1.10 bits per heavy atom. The van der Waals surface area contributed by atoms with E-state index in [0.717, 1.165) is 12.1 Å². The number of ether oxygens (including phenoxy) is 1. The molecule has 2 aromatic carbocycles. The van der Waals surface area contributed by atoms with Gasteiger partial charge in [-0.1, -0.05) is 12.1 Å². The van der Waals surface area contributed by atoms with Gasteiger partial charge in [0.2, 0.25) is 20.0 Å². The molecule has 0 atom stereocenters. The molecule has 2 N–H and O–H groups in total. The van der Waals surface area contributed by atoms with E-state index in [1.807, 2.05) is 0 Å². The molecule has 0 aromatic heterocycles. The summed E-state index contributed by atoms with van der Waals surface area (Å²) in [5.74, 6) is -0.421. The van der Waals surface area contributed by atoms with E-state index in [9.17, 15) is 26.9 Å². The lowest BCUT2D eigenvalue weighted by Gasteiger charge is -2.15. The zero-order chi connectivity index (χ0) is 21.8. The highest BCUT2D eigenvalue weighted by atomic mass is 32.2. The third-order valence-electron chi connectivity index (χ3n) is 3.62. The third kappa shape index (κ3) is 6.14. The van der Waals surface area contributed by atoms with Crippen molar-refractivity contribution >= 4 is 31.4 Å². The number of rotatable bonds is 9. The van der Waals surface area contributed by atoms with E-state index in [0.29, 0.717) is 0 Å². The summed E-state index contributed by atoms with van der Waals surface area (Å²) in [5, 5.41) is 10.9. The van der Waals surface area contributed by atoms with Gasteiger partial charge in [0.05, 0.1) is 28.4 Å². The van der Waals surface area contributed by atoms with Crippen molar-refractivity contribution in [2.45, 2.75) is 30.5 Å². The molecule has 158 valence electrons. The van der Waals surface area contributed by atoms with Gasteiger partial charge in [-0.2, -0.15) is 0 Å². The lowest BCUT2D eigenvalue weighted by atomic mass is 10.2. The third-order valence-corrected chi connectivity index (χ3v) is 6.52. The summed E-state index contributed by atoms with van der Waals surface area (Å²) in [6, 6.07) is 8.66. The number of non-ortho nitro benzene ring substituents is 1. The molecule has 0 spiro atoms. The number of nitro benzene ring substituents is 1. The van der Waals surface area contributed by atoms with E-state index >= 15 is 0 Å². The summed E-state index contributed by atoms with van der Waals surface area (Å²) in [4.78, 5) is 10.1. The van der Waals surface area contributed by atoms with Crippen molar-refractivity contribution < 1.29 is 26.5 Å². The van der Waals surface area contributed by atoms with Gasteiger partial charge in [0.25, 0.3) is 5.69 Å². The quantitative estimate of drug-likeness (QED) is 0.446. The van der Waals surface area contributed by atoms with Crippen molar-refractivity contribution in [1.29, 1.82) is 0 Å². The molecule has 29 heavy (non-hydrogen) atoms. The first-order valence-corrected chi connectivity index (χ1v) is 11.5. The molecule has 0 aliphatic rings. The Hall–Kier alpha value is -2.70. The molecule has 2 rings (SSSR count). The van der Waals surface area contributed by atoms with Crippen molar-refractivity contribution in [3.05, 3.63) is 58.1 Å². The summed E-state index contributed by atoms with van der Waals surface area (Å²) in [6.45, 7) is 3.31. The molecule has 10 nitrogen and oxygen atoms in total. The molecule has 0 fully saturated rings. The zero-order valence-corrected chi connectivity index (χ0v) is 17.6. The number of nitro groups is 1. The monoisotopic (exact) mass is 443 g/mol. The van der Waals surface area contributed by atoms with Crippen LogP contribution in [0.25, 0.3) is 0 Å². The number of methoxy groups -OCH3 is 1. The van der Waals surface area contributed by atoms with E-state index in [2.05, 4.69) is 9.44 Å². The van der Waals surface area contributed by atoms with Crippen LogP contribution in [0.4, 0.5) is 11.4 Å². The number of benzene rings is 2. The van der Waals surface area contributed by atoms with Crippen LogP contribution in [0.1, 0.15) is 19.4 Å². The Kier molecular flexibility index (Phi) is 6.82. The molecule has 0 saturated heterocycles. The Balaban J connectivity index is 2.35. The van der Waals surface area contributed by atoms with Crippen LogP contribution in [0.2, 0.25) is 0 Å².